The molecule has 0 aliphatic rings. The Morgan fingerprint density at radius 3 is 1.95 bits per heavy atom. The van der Waals surface area contributed by atoms with Crippen molar-refractivity contribution in [2.24, 2.45) is 17.6 Å². The summed E-state index contributed by atoms with van der Waals surface area (Å²) in [5, 5.41) is 39.0. The summed E-state index contributed by atoms with van der Waals surface area (Å²) < 4.78 is 0. The number of ketones is 1. The number of carboxylic acids is 1. The minimum Gasteiger partial charge on any atom is -0.481 e. The van der Waals surface area contributed by atoms with E-state index in [1.54, 1.807) is 56.3 Å². The summed E-state index contributed by atoms with van der Waals surface area (Å²) in [5.74, 6) is -6.52. The fraction of sp³-hybridized carbons (Fsp3) is 0.450. The van der Waals surface area contributed by atoms with Gasteiger partial charge in [0.1, 0.15) is 24.2 Å². The molecule has 0 bridgehead atoms. The Bertz CT molecular complexity index is 1740. The number of carboxylic acid groups (broad SMARTS) is 1. The predicted octanol–water partition coefficient (Wildman–Crippen LogP) is 0.493. The average Bonchev–Trinajstić information content (AvgIpc) is 3.18. The van der Waals surface area contributed by atoms with Crippen LogP contribution in [-0.4, -0.2) is 93.4 Å². The molecule has 6 amide bonds. The minimum atomic E-state index is -2.05. The topological polar surface area (TPSA) is 283 Å². The van der Waals surface area contributed by atoms with Crippen LogP contribution in [0.5, 0.6) is 0 Å². The number of rotatable bonds is 25. The minimum absolute atomic E-state index is 0.0731. The average molecular weight is 793 g/mol. The van der Waals surface area contributed by atoms with E-state index in [-0.39, 0.29) is 43.3 Å². The molecule has 0 radical (unpaired) electrons. The van der Waals surface area contributed by atoms with E-state index in [0.717, 1.165) is 0 Å². The van der Waals surface area contributed by atoms with E-state index >= 15 is 0 Å². The predicted molar refractivity (Wildman–Crippen MR) is 206 cm³/mol. The highest BCUT2D eigenvalue weighted by atomic mass is 16.5. The number of unbranched alkanes of at least 4 members (excludes halogenated alkanes) is 2. The second kappa shape index (κ2) is 24.4. The second-order valence-electron chi connectivity index (χ2n) is 13.8. The van der Waals surface area contributed by atoms with E-state index in [4.69, 9.17) is 17.4 Å². The molecule has 17 nitrogen and oxygen atoms in total. The summed E-state index contributed by atoms with van der Waals surface area (Å²) in [6.07, 6.45) is 4.01. The SMILES string of the molecule is C#CCCCC(=O)NCCCCC(NC(=O)[C@H](Cc1ccc(C(=O)c2ccccc2)cc1)NC(=O)[C@H](CC(=O)O)NC(=O)[C@@H](CC(C)C)[C@H](O)C(=O)NO)C(N)=O. The van der Waals surface area contributed by atoms with Crippen LogP contribution in [0.15, 0.2) is 54.6 Å². The molecule has 2 aromatic carbocycles. The molecule has 0 fully saturated rings. The van der Waals surface area contributed by atoms with Crippen LogP contribution in [0.4, 0.5) is 0 Å². The number of amides is 6. The van der Waals surface area contributed by atoms with Crippen LogP contribution < -0.4 is 32.5 Å². The lowest BCUT2D eigenvalue weighted by Gasteiger charge is -2.27. The lowest BCUT2D eigenvalue weighted by atomic mass is 9.90. The number of aliphatic hydroxyl groups excluding tert-OH is 1. The van der Waals surface area contributed by atoms with Crippen LogP contribution in [0, 0.1) is 24.2 Å². The van der Waals surface area contributed by atoms with Crippen LogP contribution in [0.1, 0.15) is 86.7 Å². The third-order valence-electron chi connectivity index (χ3n) is 8.79. The van der Waals surface area contributed by atoms with E-state index in [2.05, 4.69) is 27.2 Å². The molecule has 2 aromatic rings. The summed E-state index contributed by atoms with van der Waals surface area (Å²) in [6.45, 7) is 3.66. The summed E-state index contributed by atoms with van der Waals surface area (Å²) in [6, 6.07) is 10.1. The maximum absolute atomic E-state index is 13.8. The van der Waals surface area contributed by atoms with Crippen LogP contribution in [0.3, 0.4) is 0 Å². The number of benzene rings is 2. The smallest absolute Gasteiger partial charge is 0.305 e. The largest absolute Gasteiger partial charge is 0.481 e. The molecule has 0 aromatic heterocycles. The standard InChI is InChI=1S/C40H52N6O11/c1-4-5-7-15-32(47)42-20-11-10-14-29(36(41)52)43-38(54)30(22-25-16-18-27(19-17-25)34(50)26-12-8-6-9-13-26)45-39(55)31(23-33(48)49)44-37(53)28(21-24(2)3)35(51)40(56)46-57/h1,6,8-9,12-13,16-19,24,28-31,35,51,57H,5,7,10-11,14-15,20-23H2,2-3H3,(H2,41,52)(H,42,47)(H,43,54)(H,44,53)(H,45,55)(H,46,56)(H,48,49)/t28-,29?,30-,31-,35-/m0/s1. The van der Waals surface area contributed by atoms with Crippen molar-refractivity contribution in [2.45, 2.75) is 95.9 Å². The Hall–Kier alpha value is -6.12. The van der Waals surface area contributed by atoms with E-state index in [1.807, 2.05) is 0 Å². The van der Waals surface area contributed by atoms with Crippen LogP contribution in [0.2, 0.25) is 0 Å². The Morgan fingerprint density at radius 2 is 1.37 bits per heavy atom. The number of hydrogen-bond donors (Lipinski definition) is 9. The van der Waals surface area contributed by atoms with E-state index < -0.39 is 72.1 Å². The number of nitrogens with two attached hydrogens (primary N) is 1. The molecule has 308 valence electrons. The van der Waals surface area contributed by atoms with Gasteiger partial charge in [-0.3, -0.25) is 43.6 Å². The highest BCUT2D eigenvalue weighted by Crippen LogP contribution is 2.18. The molecular weight excluding hydrogens is 740 g/mol. The van der Waals surface area contributed by atoms with Gasteiger partial charge in [-0.2, -0.15) is 0 Å². The number of hydrogen-bond acceptors (Lipinski definition) is 10. The second-order valence-corrected chi connectivity index (χ2v) is 13.8. The van der Waals surface area contributed by atoms with Crippen molar-refractivity contribution in [1.29, 1.82) is 0 Å². The normalized spacial score (nSPS) is 13.4. The lowest BCUT2D eigenvalue weighted by molar-refractivity contribution is -0.148. The van der Waals surface area contributed by atoms with Crippen LogP contribution in [-0.2, 0) is 40.0 Å². The third-order valence-corrected chi connectivity index (χ3v) is 8.79. The van der Waals surface area contributed by atoms with Gasteiger partial charge in [-0.25, -0.2) is 5.48 Å². The number of carbonyl (C=O) groups is 8. The first kappa shape index (κ1) is 47.0. The molecule has 0 spiro atoms. The number of carbonyl (C=O) groups excluding carboxylic acids is 7. The van der Waals surface area contributed by atoms with Gasteiger partial charge in [0.2, 0.25) is 29.5 Å². The van der Waals surface area contributed by atoms with Crippen LogP contribution in [0.25, 0.3) is 0 Å². The van der Waals surface area contributed by atoms with Crippen molar-refractivity contribution >= 4 is 47.2 Å². The van der Waals surface area contributed by atoms with E-state index in [0.29, 0.717) is 48.9 Å². The molecule has 0 saturated heterocycles. The van der Waals surface area contributed by atoms with E-state index in [1.165, 1.54) is 17.6 Å². The monoisotopic (exact) mass is 792 g/mol. The highest BCUT2D eigenvalue weighted by Gasteiger charge is 2.36. The number of primary amides is 1. The van der Waals surface area contributed by atoms with Crippen molar-refractivity contribution in [2.75, 3.05) is 6.54 Å². The van der Waals surface area contributed by atoms with Gasteiger partial charge < -0.3 is 37.2 Å². The zero-order valence-electron chi connectivity index (χ0n) is 32.0. The van der Waals surface area contributed by atoms with Gasteiger partial charge in [0, 0.05) is 36.9 Å². The number of aliphatic hydroxyl groups is 1. The van der Waals surface area contributed by atoms with Gasteiger partial charge in [-0.15, -0.1) is 12.3 Å². The molecule has 0 saturated carbocycles. The maximum Gasteiger partial charge on any atom is 0.305 e. The molecule has 1 unspecified atom stereocenters. The quantitative estimate of drug-likeness (QED) is 0.0219. The highest BCUT2D eigenvalue weighted by molar-refractivity contribution is 6.09. The van der Waals surface area contributed by atoms with Gasteiger partial charge >= 0.3 is 5.97 Å². The molecule has 2 rings (SSSR count). The number of nitrogens with one attached hydrogen (secondary N) is 5. The Balaban J connectivity index is 2.33. The van der Waals surface area contributed by atoms with Gasteiger partial charge in [0.05, 0.1) is 12.3 Å². The van der Waals surface area contributed by atoms with Gasteiger partial charge in [-0.1, -0.05) is 68.4 Å². The first-order chi connectivity index (χ1) is 27.1. The van der Waals surface area contributed by atoms with Crippen LogP contribution >= 0.6 is 0 Å². The summed E-state index contributed by atoms with van der Waals surface area (Å²) in [5.41, 5.74) is 8.09. The molecule has 0 aliphatic heterocycles. The fourth-order valence-corrected chi connectivity index (χ4v) is 5.76. The Labute approximate surface area is 330 Å². The van der Waals surface area contributed by atoms with Crippen molar-refractivity contribution in [1.82, 2.24) is 26.7 Å². The first-order valence-corrected chi connectivity index (χ1v) is 18.5. The molecule has 10 N–H and O–H groups in total. The van der Waals surface area contributed by atoms with Gasteiger partial charge in [0.15, 0.2) is 5.78 Å². The number of aliphatic carboxylic acids is 1. The van der Waals surface area contributed by atoms with Crippen molar-refractivity contribution in [3.8, 4) is 12.3 Å². The van der Waals surface area contributed by atoms with Crippen molar-refractivity contribution in [3.63, 3.8) is 0 Å². The molecule has 5 atom stereocenters. The first-order valence-electron chi connectivity index (χ1n) is 18.5. The summed E-state index contributed by atoms with van der Waals surface area (Å²) in [4.78, 5) is 102. The fourth-order valence-electron chi connectivity index (χ4n) is 5.76. The lowest BCUT2D eigenvalue weighted by Crippen LogP contribution is -2.58. The van der Waals surface area contributed by atoms with Gasteiger partial charge in [-0.05, 0) is 43.6 Å². The number of terminal acetylenes is 1. The zero-order chi connectivity index (χ0) is 42.5. The van der Waals surface area contributed by atoms with Crippen molar-refractivity contribution in [3.05, 3.63) is 71.3 Å². The summed E-state index contributed by atoms with van der Waals surface area (Å²) >= 11 is 0. The third kappa shape index (κ3) is 16.6. The number of hydroxylamine groups is 1. The van der Waals surface area contributed by atoms with Crippen molar-refractivity contribution < 1.29 is 53.8 Å². The van der Waals surface area contributed by atoms with Gasteiger partial charge in [0.25, 0.3) is 5.91 Å². The molecule has 17 heteroatoms. The molecular formula is C40H52N6O11. The Kier molecular flexibility index (Phi) is 20.1. The molecule has 0 heterocycles. The molecule has 0 aliphatic carbocycles. The maximum atomic E-state index is 13.8. The Morgan fingerprint density at radius 1 is 0.772 bits per heavy atom. The van der Waals surface area contributed by atoms with E-state index in [9.17, 15) is 48.6 Å². The zero-order valence-corrected chi connectivity index (χ0v) is 32.0. The summed E-state index contributed by atoms with van der Waals surface area (Å²) in [7, 11) is 0. The molecule has 57 heavy (non-hydrogen) atoms.